The first-order chi connectivity index (χ1) is 9.33. The molecule has 0 bridgehead atoms. The number of rotatable bonds is 5. The molecule has 1 saturated carbocycles. The van der Waals surface area contributed by atoms with Crippen LogP contribution in [0.25, 0.3) is 0 Å². The predicted octanol–water partition coefficient (Wildman–Crippen LogP) is 4.33. The van der Waals surface area contributed by atoms with E-state index in [0.717, 1.165) is 12.0 Å². The fourth-order valence-corrected chi connectivity index (χ4v) is 3.48. The van der Waals surface area contributed by atoms with E-state index in [4.69, 9.17) is 0 Å². The van der Waals surface area contributed by atoms with Crippen LogP contribution in [-0.2, 0) is 0 Å². The molecule has 2 aliphatic carbocycles. The molecule has 2 aliphatic rings. The van der Waals surface area contributed by atoms with Gasteiger partial charge in [0.25, 0.3) is 0 Å². The van der Waals surface area contributed by atoms with Crippen LogP contribution in [0.4, 0.5) is 0 Å². The molecule has 1 nitrogen and oxygen atoms in total. The van der Waals surface area contributed by atoms with E-state index in [2.05, 4.69) is 42.6 Å². The van der Waals surface area contributed by atoms with E-state index in [0.29, 0.717) is 0 Å². The van der Waals surface area contributed by atoms with Crippen LogP contribution in [0.2, 0.25) is 0 Å². The first-order valence-electron chi connectivity index (χ1n) is 7.80. The molecular formula is C18H25N. The molecular weight excluding hydrogens is 230 g/mol. The lowest BCUT2D eigenvalue weighted by atomic mass is 9.74. The van der Waals surface area contributed by atoms with E-state index < -0.39 is 0 Å². The Kier molecular flexibility index (Phi) is 4.03. The molecule has 0 amide bonds. The van der Waals surface area contributed by atoms with Crippen LogP contribution in [0.5, 0.6) is 0 Å². The monoisotopic (exact) mass is 255 g/mol. The minimum absolute atomic E-state index is 0.756. The van der Waals surface area contributed by atoms with Crippen molar-refractivity contribution in [2.75, 3.05) is 6.54 Å². The van der Waals surface area contributed by atoms with Crippen LogP contribution >= 0.6 is 0 Å². The molecule has 3 rings (SSSR count). The quantitative estimate of drug-likeness (QED) is 0.772. The van der Waals surface area contributed by atoms with Crippen molar-refractivity contribution in [2.45, 2.75) is 57.4 Å². The van der Waals surface area contributed by atoms with E-state index in [1.165, 1.54) is 50.6 Å². The summed E-state index contributed by atoms with van der Waals surface area (Å²) >= 11 is 0. The Hall–Kier alpha value is -1.08. The summed E-state index contributed by atoms with van der Waals surface area (Å²) < 4.78 is 0. The second-order valence-electron chi connectivity index (χ2n) is 6.18. The highest BCUT2D eigenvalue weighted by atomic mass is 14.9. The van der Waals surface area contributed by atoms with Gasteiger partial charge in [-0.15, -0.1) is 0 Å². The van der Waals surface area contributed by atoms with Crippen molar-refractivity contribution in [1.29, 1.82) is 0 Å². The number of hydrogen-bond donors (Lipinski definition) is 1. The first kappa shape index (κ1) is 12.9. The molecule has 0 aromatic heterocycles. The van der Waals surface area contributed by atoms with Crippen LogP contribution in [0.15, 0.2) is 35.9 Å². The first-order valence-corrected chi connectivity index (χ1v) is 7.80. The fourth-order valence-electron chi connectivity index (χ4n) is 3.48. The Morgan fingerprint density at radius 2 is 2.05 bits per heavy atom. The second kappa shape index (κ2) is 5.92. The van der Waals surface area contributed by atoms with Crippen LogP contribution in [-0.4, -0.2) is 12.6 Å². The van der Waals surface area contributed by atoms with Gasteiger partial charge in [-0.25, -0.2) is 0 Å². The smallest absolute Gasteiger partial charge is 0.00788 e. The summed E-state index contributed by atoms with van der Waals surface area (Å²) in [6.07, 6.45) is 10.4. The molecule has 1 aromatic carbocycles. The lowest BCUT2D eigenvalue weighted by Crippen LogP contribution is -2.40. The van der Waals surface area contributed by atoms with Crippen molar-refractivity contribution >= 4 is 0 Å². The van der Waals surface area contributed by atoms with E-state index in [9.17, 15) is 0 Å². The van der Waals surface area contributed by atoms with Crippen molar-refractivity contribution in [1.82, 2.24) is 5.32 Å². The maximum atomic E-state index is 3.72. The number of nitrogens with one attached hydrogen (secondary N) is 1. The van der Waals surface area contributed by atoms with Crippen molar-refractivity contribution < 1.29 is 0 Å². The van der Waals surface area contributed by atoms with Gasteiger partial charge in [-0.1, -0.05) is 35.9 Å². The highest BCUT2D eigenvalue weighted by Crippen LogP contribution is 2.38. The molecule has 102 valence electrons. The van der Waals surface area contributed by atoms with Crippen LogP contribution in [0, 0.1) is 6.92 Å². The zero-order chi connectivity index (χ0) is 13.1. The molecule has 0 spiro atoms. The predicted molar refractivity (Wildman–Crippen MR) is 81.5 cm³/mol. The highest BCUT2D eigenvalue weighted by molar-refractivity contribution is 5.31. The van der Waals surface area contributed by atoms with E-state index in [1.54, 1.807) is 11.1 Å². The van der Waals surface area contributed by atoms with Crippen molar-refractivity contribution in [3.05, 3.63) is 47.0 Å². The van der Waals surface area contributed by atoms with Gasteiger partial charge in [0, 0.05) is 6.04 Å². The molecule has 19 heavy (non-hydrogen) atoms. The van der Waals surface area contributed by atoms with E-state index >= 15 is 0 Å². The third-order valence-corrected chi connectivity index (χ3v) is 4.78. The van der Waals surface area contributed by atoms with Gasteiger partial charge >= 0.3 is 0 Å². The second-order valence-corrected chi connectivity index (χ2v) is 6.18. The number of aryl methyl sites for hydroxylation is 1. The largest absolute Gasteiger partial charge is 0.314 e. The number of benzene rings is 1. The van der Waals surface area contributed by atoms with Gasteiger partial charge in [0.15, 0.2) is 0 Å². The van der Waals surface area contributed by atoms with Gasteiger partial charge in [0.1, 0.15) is 0 Å². The Labute approximate surface area is 117 Å². The minimum Gasteiger partial charge on any atom is -0.314 e. The highest BCUT2D eigenvalue weighted by Gasteiger charge is 2.30. The summed E-state index contributed by atoms with van der Waals surface area (Å²) in [5.74, 6) is 0.796. The van der Waals surface area contributed by atoms with Gasteiger partial charge in [-0.3, -0.25) is 0 Å². The molecule has 1 N–H and O–H groups in total. The summed E-state index contributed by atoms with van der Waals surface area (Å²) in [4.78, 5) is 0. The van der Waals surface area contributed by atoms with Crippen LogP contribution in [0.3, 0.4) is 0 Å². The van der Waals surface area contributed by atoms with Gasteiger partial charge in [0.05, 0.1) is 0 Å². The normalized spacial score (nSPS) is 26.1. The lowest BCUT2D eigenvalue weighted by Gasteiger charge is -2.37. The fraction of sp³-hybridized carbons (Fsp3) is 0.556. The summed E-state index contributed by atoms with van der Waals surface area (Å²) in [5.41, 5.74) is 4.71. The molecule has 1 aromatic rings. The van der Waals surface area contributed by atoms with E-state index in [1.807, 2.05) is 0 Å². The molecule has 1 heteroatoms. The topological polar surface area (TPSA) is 12.0 Å². The molecule has 0 aliphatic heterocycles. The number of hydrogen-bond acceptors (Lipinski definition) is 1. The Balaban J connectivity index is 1.39. The van der Waals surface area contributed by atoms with E-state index in [-0.39, 0.29) is 0 Å². The van der Waals surface area contributed by atoms with Gasteiger partial charge in [0.2, 0.25) is 0 Å². The Morgan fingerprint density at radius 3 is 2.79 bits per heavy atom. The summed E-state index contributed by atoms with van der Waals surface area (Å²) in [6, 6.07) is 9.62. The zero-order valence-electron chi connectivity index (χ0n) is 12.0. The number of allylic oxidation sites excluding steroid dienone is 1. The lowest BCUT2D eigenvalue weighted by molar-refractivity contribution is 0.292. The van der Waals surface area contributed by atoms with Gasteiger partial charge in [-0.2, -0.15) is 0 Å². The van der Waals surface area contributed by atoms with Gasteiger partial charge < -0.3 is 5.32 Å². The Bertz CT molecular complexity index is 455. The Morgan fingerprint density at radius 1 is 1.21 bits per heavy atom. The van der Waals surface area contributed by atoms with Gasteiger partial charge in [-0.05, 0) is 69.0 Å². The third-order valence-electron chi connectivity index (χ3n) is 4.78. The van der Waals surface area contributed by atoms with Crippen molar-refractivity contribution in [3.63, 3.8) is 0 Å². The average molecular weight is 255 g/mol. The van der Waals surface area contributed by atoms with Crippen LogP contribution < -0.4 is 5.32 Å². The summed E-state index contributed by atoms with van der Waals surface area (Å²) in [7, 11) is 0. The third kappa shape index (κ3) is 3.09. The molecule has 0 radical (unpaired) electrons. The average Bonchev–Trinajstić information content (AvgIpc) is 2.87. The standard InChI is InChI=1S/C18H25N/c1-14-6-2-5-9-18(14)16-12-17(13-16)19-11-10-15-7-3-4-8-15/h2,5-7,9,16-17,19H,3-4,8,10-13H2,1H3. The molecule has 0 atom stereocenters. The van der Waals surface area contributed by atoms with Crippen molar-refractivity contribution in [2.24, 2.45) is 0 Å². The summed E-state index contributed by atoms with van der Waals surface area (Å²) in [6.45, 7) is 3.42. The molecule has 0 heterocycles. The molecule has 0 unspecified atom stereocenters. The van der Waals surface area contributed by atoms with Crippen LogP contribution in [0.1, 0.15) is 55.6 Å². The molecule has 1 fully saturated rings. The maximum Gasteiger partial charge on any atom is 0.00788 e. The maximum absolute atomic E-state index is 3.72. The zero-order valence-corrected chi connectivity index (χ0v) is 12.0. The SMILES string of the molecule is Cc1ccccc1C1CC(NCCC2=CCCC2)C1. The molecule has 0 saturated heterocycles. The summed E-state index contributed by atoms with van der Waals surface area (Å²) in [5, 5.41) is 3.72. The van der Waals surface area contributed by atoms with Crippen molar-refractivity contribution in [3.8, 4) is 0 Å². The minimum atomic E-state index is 0.756.